The van der Waals surface area contributed by atoms with Crippen LogP contribution < -0.4 is 4.74 Å². The molecule has 2 heteroatoms. The lowest BCUT2D eigenvalue weighted by molar-refractivity contribution is -0.105. The van der Waals surface area contributed by atoms with Gasteiger partial charge < -0.3 is 9.47 Å². The maximum atomic E-state index is 5.70. The number of rotatable bonds is 4. The van der Waals surface area contributed by atoms with Crippen LogP contribution in [0.2, 0.25) is 0 Å². The zero-order chi connectivity index (χ0) is 16.3. The Kier molecular flexibility index (Phi) is 7.15. The predicted molar refractivity (Wildman–Crippen MR) is 97.3 cm³/mol. The molecule has 1 fully saturated rings. The SMILES string of the molecule is C=Cc1ccc(OC2CCCCO2)cc1.C=Cc1ccccc1. The summed E-state index contributed by atoms with van der Waals surface area (Å²) in [5, 5.41) is 0. The molecule has 1 aliphatic heterocycles. The molecule has 2 nitrogen and oxygen atoms in total. The van der Waals surface area contributed by atoms with Crippen LogP contribution in [0.25, 0.3) is 12.2 Å². The monoisotopic (exact) mass is 308 g/mol. The van der Waals surface area contributed by atoms with Gasteiger partial charge in [0.2, 0.25) is 0 Å². The summed E-state index contributed by atoms with van der Waals surface area (Å²) in [6, 6.07) is 17.9. The highest BCUT2D eigenvalue weighted by atomic mass is 16.7. The molecule has 1 atom stereocenters. The van der Waals surface area contributed by atoms with Crippen molar-refractivity contribution in [1.82, 2.24) is 0 Å². The molecule has 0 aliphatic carbocycles. The lowest BCUT2D eigenvalue weighted by Gasteiger charge is -2.23. The van der Waals surface area contributed by atoms with Crippen LogP contribution in [0, 0.1) is 0 Å². The van der Waals surface area contributed by atoms with Gasteiger partial charge in [0, 0.05) is 6.42 Å². The van der Waals surface area contributed by atoms with Crippen molar-refractivity contribution < 1.29 is 9.47 Å². The van der Waals surface area contributed by atoms with E-state index in [0.717, 1.165) is 30.8 Å². The molecule has 1 saturated heterocycles. The van der Waals surface area contributed by atoms with Gasteiger partial charge in [-0.2, -0.15) is 0 Å². The summed E-state index contributed by atoms with van der Waals surface area (Å²) in [5.74, 6) is 0.868. The van der Waals surface area contributed by atoms with Crippen LogP contribution in [0.3, 0.4) is 0 Å². The normalized spacial score (nSPS) is 16.6. The van der Waals surface area contributed by atoms with E-state index in [1.165, 1.54) is 12.0 Å². The predicted octanol–water partition coefficient (Wildman–Crippen LogP) is 5.56. The average Bonchev–Trinajstić information content (AvgIpc) is 2.64. The smallest absolute Gasteiger partial charge is 0.199 e. The summed E-state index contributed by atoms with van der Waals surface area (Å²) in [7, 11) is 0. The van der Waals surface area contributed by atoms with Crippen LogP contribution in [0.15, 0.2) is 67.8 Å². The third kappa shape index (κ3) is 6.13. The minimum atomic E-state index is -0.0617. The van der Waals surface area contributed by atoms with Crippen LogP contribution in [0.5, 0.6) is 5.75 Å². The summed E-state index contributed by atoms with van der Waals surface area (Å²) < 4.78 is 11.2. The van der Waals surface area contributed by atoms with Gasteiger partial charge in [-0.15, -0.1) is 0 Å². The molecule has 23 heavy (non-hydrogen) atoms. The van der Waals surface area contributed by atoms with Crippen molar-refractivity contribution in [1.29, 1.82) is 0 Å². The van der Waals surface area contributed by atoms with Crippen molar-refractivity contribution >= 4 is 12.2 Å². The quantitative estimate of drug-likeness (QED) is 0.735. The van der Waals surface area contributed by atoms with E-state index < -0.39 is 0 Å². The Morgan fingerprint density at radius 1 is 0.870 bits per heavy atom. The van der Waals surface area contributed by atoms with E-state index in [4.69, 9.17) is 9.47 Å². The second-order valence-electron chi connectivity index (χ2n) is 5.30. The third-order valence-corrected chi connectivity index (χ3v) is 3.56. The van der Waals surface area contributed by atoms with Gasteiger partial charge in [0.05, 0.1) is 6.61 Å². The molecule has 0 radical (unpaired) electrons. The van der Waals surface area contributed by atoms with E-state index in [0.29, 0.717) is 0 Å². The van der Waals surface area contributed by atoms with Gasteiger partial charge in [0.1, 0.15) is 5.75 Å². The summed E-state index contributed by atoms with van der Waals surface area (Å²) in [5.41, 5.74) is 2.28. The molecule has 0 spiro atoms. The molecule has 3 rings (SSSR count). The molecular formula is C21H24O2. The molecule has 1 unspecified atom stereocenters. The van der Waals surface area contributed by atoms with Crippen LogP contribution in [0.4, 0.5) is 0 Å². The number of benzene rings is 2. The van der Waals surface area contributed by atoms with Gasteiger partial charge >= 0.3 is 0 Å². The first-order valence-corrected chi connectivity index (χ1v) is 8.00. The first kappa shape index (κ1) is 17.0. The molecule has 0 saturated carbocycles. The fourth-order valence-corrected chi connectivity index (χ4v) is 2.23. The molecular weight excluding hydrogens is 284 g/mol. The Morgan fingerprint density at radius 3 is 2.04 bits per heavy atom. The van der Waals surface area contributed by atoms with Crippen molar-refractivity contribution in [2.45, 2.75) is 25.6 Å². The highest BCUT2D eigenvalue weighted by molar-refractivity contribution is 5.48. The van der Waals surface area contributed by atoms with E-state index in [-0.39, 0.29) is 6.29 Å². The van der Waals surface area contributed by atoms with Crippen molar-refractivity contribution in [3.63, 3.8) is 0 Å². The van der Waals surface area contributed by atoms with E-state index in [1.54, 1.807) is 0 Å². The fourth-order valence-electron chi connectivity index (χ4n) is 2.23. The second-order valence-corrected chi connectivity index (χ2v) is 5.30. The van der Waals surface area contributed by atoms with Crippen molar-refractivity contribution in [2.24, 2.45) is 0 Å². The zero-order valence-corrected chi connectivity index (χ0v) is 13.5. The second kappa shape index (κ2) is 9.65. The van der Waals surface area contributed by atoms with Gasteiger partial charge in [-0.05, 0) is 36.1 Å². The van der Waals surface area contributed by atoms with E-state index in [1.807, 2.05) is 66.7 Å². The van der Waals surface area contributed by atoms with E-state index in [2.05, 4.69) is 13.2 Å². The maximum absolute atomic E-state index is 5.70. The highest BCUT2D eigenvalue weighted by Gasteiger charge is 2.14. The molecule has 2 aromatic rings. The number of ether oxygens (including phenoxy) is 2. The van der Waals surface area contributed by atoms with Crippen LogP contribution >= 0.6 is 0 Å². The third-order valence-electron chi connectivity index (χ3n) is 3.56. The van der Waals surface area contributed by atoms with Crippen LogP contribution in [-0.4, -0.2) is 12.9 Å². The fraction of sp³-hybridized carbons (Fsp3) is 0.238. The van der Waals surface area contributed by atoms with Gasteiger partial charge in [-0.25, -0.2) is 0 Å². The number of hydrogen-bond acceptors (Lipinski definition) is 2. The Hall–Kier alpha value is -2.32. The zero-order valence-electron chi connectivity index (χ0n) is 13.5. The topological polar surface area (TPSA) is 18.5 Å². The van der Waals surface area contributed by atoms with E-state index in [9.17, 15) is 0 Å². The van der Waals surface area contributed by atoms with Gasteiger partial charge in [-0.1, -0.05) is 67.8 Å². The van der Waals surface area contributed by atoms with Crippen molar-refractivity contribution in [2.75, 3.05) is 6.61 Å². The largest absolute Gasteiger partial charge is 0.465 e. The average molecular weight is 308 g/mol. The minimum Gasteiger partial charge on any atom is -0.465 e. The van der Waals surface area contributed by atoms with Gasteiger partial charge in [0.25, 0.3) is 0 Å². The van der Waals surface area contributed by atoms with Crippen molar-refractivity contribution in [3.8, 4) is 5.75 Å². The van der Waals surface area contributed by atoms with Crippen LogP contribution in [-0.2, 0) is 4.74 Å². The molecule has 1 heterocycles. The number of hydrogen-bond donors (Lipinski definition) is 0. The Morgan fingerprint density at radius 2 is 1.52 bits per heavy atom. The lowest BCUT2D eigenvalue weighted by atomic mass is 10.2. The summed E-state index contributed by atoms with van der Waals surface area (Å²) in [6.07, 6.45) is 6.92. The molecule has 0 amide bonds. The van der Waals surface area contributed by atoms with Gasteiger partial charge in [0.15, 0.2) is 6.29 Å². The summed E-state index contributed by atoms with van der Waals surface area (Å²) in [4.78, 5) is 0. The van der Waals surface area contributed by atoms with E-state index >= 15 is 0 Å². The van der Waals surface area contributed by atoms with Crippen LogP contribution in [0.1, 0.15) is 30.4 Å². The maximum Gasteiger partial charge on any atom is 0.199 e. The Bertz CT molecular complexity index is 581. The summed E-state index contributed by atoms with van der Waals surface area (Å²) >= 11 is 0. The first-order chi connectivity index (χ1) is 11.3. The summed E-state index contributed by atoms with van der Waals surface area (Å²) in [6.45, 7) is 8.16. The molecule has 120 valence electrons. The molecule has 0 N–H and O–H groups in total. The minimum absolute atomic E-state index is 0.0617. The first-order valence-electron chi connectivity index (χ1n) is 8.00. The lowest BCUT2D eigenvalue weighted by Crippen LogP contribution is -2.24. The standard InChI is InChI=1S/C13H16O2.C8H8/c1-2-11-6-8-12(9-7-11)15-13-5-3-4-10-14-13;1-2-8-6-4-3-5-7-8/h2,6-9,13H,1,3-5,10H2;2-7H,1H2. The van der Waals surface area contributed by atoms with Gasteiger partial charge in [-0.3, -0.25) is 0 Å². The molecule has 0 aromatic heterocycles. The highest BCUT2D eigenvalue weighted by Crippen LogP contribution is 2.19. The molecule has 2 aromatic carbocycles. The van der Waals surface area contributed by atoms with Crippen molar-refractivity contribution in [3.05, 3.63) is 78.9 Å². The molecule has 0 bridgehead atoms. The molecule has 1 aliphatic rings. The Labute approximate surface area is 139 Å². The Balaban J connectivity index is 0.000000203.